The summed E-state index contributed by atoms with van der Waals surface area (Å²) in [5, 5.41) is 16.3. The number of aromatic nitrogens is 2. The van der Waals surface area contributed by atoms with Gasteiger partial charge in [0, 0.05) is 0 Å². The number of benzene rings is 2. The summed E-state index contributed by atoms with van der Waals surface area (Å²) in [6.07, 6.45) is 1.56. The number of nitrogens with one attached hydrogen (secondary N) is 1. The number of aromatic hydroxyl groups is 1. The molecule has 0 saturated carbocycles. The van der Waals surface area contributed by atoms with Gasteiger partial charge in [0.05, 0.1) is 11.3 Å². The third-order valence-electron chi connectivity index (χ3n) is 4.06. The molecule has 0 unspecified atom stereocenters. The molecule has 0 atom stereocenters. The molecule has 4 rings (SSSR count). The van der Waals surface area contributed by atoms with Crippen LogP contribution in [0.2, 0.25) is 0 Å². The molecule has 1 aromatic heterocycles. The summed E-state index contributed by atoms with van der Waals surface area (Å²) in [5.74, 6) is -0.930. The minimum atomic E-state index is -0.585. The van der Waals surface area contributed by atoms with Gasteiger partial charge in [-0.15, -0.1) is 0 Å². The van der Waals surface area contributed by atoms with Crippen molar-refractivity contribution in [2.75, 3.05) is 5.73 Å². The van der Waals surface area contributed by atoms with Crippen LogP contribution in [0.15, 0.2) is 54.6 Å². The van der Waals surface area contributed by atoms with Crippen molar-refractivity contribution in [1.82, 2.24) is 15.1 Å². The van der Waals surface area contributed by atoms with E-state index in [4.69, 9.17) is 5.73 Å². The van der Waals surface area contributed by atoms with E-state index in [1.54, 1.807) is 30.3 Å². The average molecular weight is 346 g/mol. The molecule has 2 amide bonds. The van der Waals surface area contributed by atoms with Gasteiger partial charge in [-0.05, 0) is 35.9 Å². The first kappa shape index (κ1) is 15.6. The van der Waals surface area contributed by atoms with Crippen LogP contribution in [0.1, 0.15) is 21.6 Å². The van der Waals surface area contributed by atoms with Crippen LogP contribution < -0.4 is 11.1 Å². The average Bonchev–Trinajstić information content (AvgIpc) is 2.97. The van der Waals surface area contributed by atoms with E-state index in [0.717, 1.165) is 0 Å². The fourth-order valence-corrected chi connectivity index (χ4v) is 2.87. The Bertz CT molecular complexity index is 1070. The Balaban J connectivity index is 1.91. The van der Waals surface area contributed by atoms with E-state index in [0.29, 0.717) is 11.3 Å². The predicted molar refractivity (Wildman–Crippen MR) is 96.4 cm³/mol. The third-order valence-corrected chi connectivity index (χ3v) is 4.06. The van der Waals surface area contributed by atoms with Gasteiger partial charge in [0.1, 0.15) is 22.8 Å². The number of fused-ring (bicyclic) bond motifs is 1. The second-order valence-electron chi connectivity index (χ2n) is 5.79. The first-order valence-corrected chi connectivity index (χ1v) is 7.85. The molecule has 2 aromatic carbocycles. The molecule has 0 saturated heterocycles. The van der Waals surface area contributed by atoms with Crippen LogP contribution in [0.4, 0.5) is 5.82 Å². The SMILES string of the molecule is Nc1c2c(nn1-c1ccccc1)/C(=C\c1cccc(O)c1)C(=O)NC2=O. The Kier molecular flexibility index (Phi) is 3.54. The van der Waals surface area contributed by atoms with Gasteiger partial charge in [-0.2, -0.15) is 5.10 Å². The largest absolute Gasteiger partial charge is 0.508 e. The van der Waals surface area contributed by atoms with Crippen LogP contribution in [0.25, 0.3) is 17.3 Å². The van der Waals surface area contributed by atoms with Crippen LogP contribution in [0.5, 0.6) is 5.75 Å². The Morgan fingerprint density at radius 1 is 1.04 bits per heavy atom. The number of para-hydroxylation sites is 1. The summed E-state index contributed by atoms with van der Waals surface area (Å²) in [4.78, 5) is 24.6. The van der Waals surface area contributed by atoms with Gasteiger partial charge in [-0.3, -0.25) is 14.9 Å². The van der Waals surface area contributed by atoms with Gasteiger partial charge in [-0.1, -0.05) is 30.3 Å². The highest BCUT2D eigenvalue weighted by Gasteiger charge is 2.34. The molecular formula is C19H14N4O3. The second kappa shape index (κ2) is 5.89. The first-order chi connectivity index (χ1) is 12.5. The number of rotatable bonds is 2. The second-order valence-corrected chi connectivity index (χ2v) is 5.79. The number of phenols is 1. The molecule has 0 radical (unpaired) electrons. The maximum Gasteiger partial charge on any atom is 0.264 e. The van der Waals surface area contributed by atoms with Crippen LogP contribution >= 0.6 is 0 Å². The van der Waals surface area contributed by atoms with Gasteiger partial charge in [0.2, 0.25) is 0 Å². The molecule has 0 bridgehead atoms. The third kappa shape index (κ3) is 2.51. The molecule has 26 heavy (non-hydrogen) atoms. The van der Waals surface area contributed by atoms with Crippen molar-refractivity contribution in [3.8, 4) is 11.4 Å². The number of phenolic OH excluding ortho intramolecular Hbond substituents is 1. The lowest BCUT2D eigenvalue weighted by atomic mass is 9.99. The molecule has 0 aliphatic carbocycles. The maximum atomic E-state index is 12.4. The normalized spacial score (nSPS) is 15.0. The fourth-order valence-electron chi connectivity index (χ4n) is 2.87. The molecule has 3 aromatic rings. The lowest BCUT2D eigenvalue weighted by molar-refractivity contribution is -0.114. The topological polar surface area (TPSA) is 110 Å². The van der Waals surface area contributed by atoms with E-state index in [-0.39, 0.29) is 28.4 Å². The van der Waals surface area contributed by atoms with Crippen molar-refractivity contribution < 1.29 is 14.7 Å². The van der Waals surface area contributed by atoms with Crippen LogP contribution in [0.3, 0.4) is 0 Å². The molecule has 4 N–H and O–H groups in total. The van der Waals surface area contributed by atoms with E-state index in [9.17, 15) is 14.7 Å². The van der Waals surface area contributed by atoms with Crippen molar-refractivity contribution in [2.45, 2.75) is 0 Å². The smallest absolute Gasteiger partial charge is 0.264 e. The molecule has 128 valence electrons. The number of carbonyl (C=O) groups is 2. The summed E-state index contributed by atoms with van der Waals surface area (Å²) in [7, 11) is 0. The minimum absolute atomic E-state index is 0.0706. The molecule has 0 spiro atoms. The van der Waals surface area contributed by atoms with E-state index < -0.39 is 11.8 Å². The van der Waals surface area contributed by atoms with Gasteiger partial charge < -0.3 is 10.8 Å². The highest BCUT2D eigenvalue weighted by molar-refractivity contribution is 6.34. The Hall–Kier alpha value is -3.87. The standard InChI is InChI=1S/C19H14N4O3/c20-17-15-16(22-23(17)12-6-2-1-3-7-12)14(18(25)21-19(15)26)10-11-5-4-8-13(24)9-11/h1-10,24H,20H2,(H,21,25,26)/b14-10+. The van der Waals surface area contributed by atoms with Crippen molar-refractivity contribution >= 4 is 29.3 Å². The lowest BCUT2D eigenvalue weighted by Crippen LogP contribution is -2.36. The zero-order valence-corrected chi connectivity index (χ0v) is 13.5. The Labute approximate surface area is 148 Å². The number of amides is 2. The summed E-state index contributed by atoms with van der Waals surface area (Å²) >= 11 is 0. The number of carbonyl (C=O) groups excluding carboxylic acids is 2. The molecule has 1 aliphatic rings. The summed E-state index contributed by atoms with van der Waals surface area (Å²) in [6.45, 7) is 0. The Morgan fingerprint density at radius 3 is 2.54 bits per heavy atom. The lowest BCUT2D eigenvalue weighted by Gasteiger charge is -2.13. The summed E-state index contributed by atoms with van der Waals surface area (Å²) < 4.78 is 1.43. The molecule has 2 heterocycles. The van der Waals surface area contributed by atoms with Crippen molar-refractivity contribution in [1.29, 1.82) is 0 Å². The Morgan fingerprint density at radius 2 is 1.81 bits per heavy atom. The van der Waals surface area contributed by atoms with Crippen LogP contribution in [0, 0.1) is 0 Å². The highest BCUT2D eigenvalue weighted by atomic mass is 16.3. The van der Waals surface area contributed by atoms with E-state index in [1.165, 1.54) is 16.8 Å². The van der Waals surface area contributed by atoms with Crippen molar-refractivity contribution in [2.24, 2.45) is 0 Å². The number of imide groups is 1. The zero-order valence-electron chi connectivity index (χ0n) is 13.5. The summed E-state index contributed by atoms with van der Waals surface area (Å²) in [6, 6.07) is 15.5. The summed E-state index contributed by atoms with van der Waals surface area (Å²) in [5.41, 5.74) is 7.97. The minimum Gasteiger partial charge on any atom is -0.508 e. The first-order valence-electron chi connectivity index (χ1n) is 7.85. The van der Waals surface area contributed by atoms with Gasteiger partial charge in [-0.25, -0.2) is 4.68 Å². The number of nitrogens with two attached hydrogens (primary N) is 1. The number of hydrogen-bond donors (Lipinski definition) is 3. The highest BCUT2D eigenvalue weighted by Crippen LogP contribution is 2.31. The maximum absolute atomic E-state index is 12.4. The van der Waals surface area contributed by atoms with Gasteiger partial charge in [0.15, 0.2) is 0 Å². The van der Waals surface area contributed by atoms with Gasteiger partial charge >= 0.3 is 0 Å². The number of anilines is 1. The quantitative estimate of drug-likeness (QED) is 0.485. The molecular weight excluding hydrogens is 332 g/mol. The predicted octanol–water partition coefficient (Wildman–Crippen LogP) is 1.97. The molecule has 1 aliphatic heterocycles. The molecule has 7 heteroatoms. The van der Waals surface area contributed by atoms with Crippen molar-refractivity contribution in [3.63, 3.8) is 0 Å². The van der Waals surface area contributed by atoms with E-state index in [1.807, 2.05) is 18.2 Å². The van der Waals surface area contributed by atoms with Gasteiger partial charge in [0.25, 0.3) is 11.8 Å². The van der Waals surface area contributed by atoms with E-state index in [2.05, 4.69) is 10.4 Å². The fraction of sp³-hybridized carbons (Fsp3) is 0. The van der Waals surface area contributed by atoms with Crippen LogP contribution in [-0.4, -0.2) is 26.7 Å². The molecule has 0 fully saturated rings. The molecule has 7 nitrogen and oxygen atoms in total. The van der Waals surface area contributed by atoms with Crippen molar-refractivity contribution in [3.05, 3.63) is 71.4 Å². The van der Waals surface area contributed by atoms with Crippen LogP contribution in [-0.2, 0) is 4.79 Å². The number of nitrogens with zero attached hydrogens (tertiary/aromatic N) is 2. The van der Waals surface area contributed by atoms with E-state index >= 15 is 0 Å². The zero-order chi connectivity index (χ0) is 18.3. The number of nitrogen functional groups attached to an aromatic ring is 1. The number of hydrogen-bond acceptors (Lipinski definition) is 5. The monoisotopic (exact) mass is 346 g/mol.